The second kappa shape index (κ2) is 8.03. The molecule has 1 aromatic carbocycles. The number of phenolic OH excluding ortho intramolecular Hbond substituents is 1. The van der Waals surface area contributed by atoms with Crippen LogP contribution in [0.25, 0.3) is 28.0 Å². The first kappa shape index (κ1) is 20.5. The van der Waals surface area contributed by atoms with Crippen molar-refractivity contribution in [2.75, 3.05) is 13.1 Å². The van der Waals surface area contributed by atoms with Gasteiger partial charge in [-0.25, -0.2) is 14.4 Å². The van der Waals surface area contributed by atoms with E-state index in [-0.39, 0.29) is 11.4 Å². The maximum Gasteiger partial charge on any atom is 0.180 e. The van der Waals surface area contributed by atoms with E-state index in [1.807, 2.05) is 25.1 Å². The molecule has 1 aliphatic heterocycles. The second-order valence-electron chi connectivity index (χ2n) is 8.62. The molecule has 1 saturated heterocycles. The lowest BCUT2D eigenvalue weighted by atomic mass is 9.95. The number of rotatable bonds is 5. The van der Waals surface area contributed by atoms with E-state index in [2.05, 4.69) is 25.1 Å². The van der Waals surface area contributed by atoms with Crippen molar-refractivity contribution in [2.45, 2.75) is 19.4 Å². The number of hydrogen-bond acceptors (Lipinski definition) is 7. The first-order valence-electron chi connectivity index (χ1n) is 11.0. The molecule has 0 spiro atoms. The number of halogens is 1. The maximum absolute atomic E-state index is 14.5. The summed E-state index contributed by atoms with van der Waals surface area (Å²) in [5.74, 6) is 0.813. The predicted octanol–water partition coefficient (Wildman–Crippen LogP) is 4.20. The molecule has 0 atom stereocenters. The van der Waals surface area contributed by atoms with Gasteiger partial charge in [0.15, 0.2) is 17.9 Å². The van der Waals surface area contributed by atoms with Gasteiger partial charge >= 0.3 is 0 Å². The number of hydrogen-bond donors (Lipinski definition) is 1. The monoisotopic (exact) mass is 456 g/mol. The third kappa shape index (κ3) is 3.69. The van der Waals surface area contributed by atoms with Crippen LogP contribution in [0.15, 0.2) is 65.8 Å². The molecular formula is C25H21FN6O2. The highest BCUT2D eigenvalue weighted by Crippen LogP contribution is 2.34. The molecule has 5 heterocycles. The average molecular weight is 456 g/mol. The van der Waals surface area contributed by atoms with Crippen LogP contribution in [-0.4, -0.2) is 47.7 Å². The normalized spacial score (nSPS) is 14.5. The summed E-state index contributed by atoms with van der Waals surface area (Å²) in [7, 11) is 0. The van der Waals surface area contributed by atoms with Crippen molar-refractivity contribution in [3.63, 3.8) is 0 Å². The number of imidazole rings is 1. The van der Waals surface area contributed by atoms with Crippen LogP contribution in [0, 0.1) is 12.7 Å². The summed E-state index contributed by atoms with van der Waals surface area (Å²) in [5, 5.41) is 19.4. The van der Waals surface area contributed by atoms with Crippen molar-refractivity contribution in [2.24, 2.45) is 0 Å². The van der Waals surface area contributed by atoms with Gasteiger partial charge in [-0.1, -0.05) is 6.07 Å². The molecule has 5 aromatic rings. The average Bonchev–Trinajstić information content (AvgIpc) is 3.45. The number of aromatic nitrogens is 5. The Bertz CT molecular complexity index is 1470. The molecule has 6 rings (SSSR count). The number of pyridine rings is 1. The number of benzene rings is 1. The van der Waals surface area contributed by atoms with Gasteiger partial charge in [0, 0.05) is 42.5 Å². The molecule has 0 amide bonds. The van der Waals surface area contributed by atoms with Crippen molar-refractivity contribution >= 4 is 5.65 Å². The standard InChI is InChI=1S/C25H21FN6O2/c1-15-9-32-12-17(6-21(26)25(32)28-15)16-2-3-20(24(33)7-16)23-5-4-22(29-30-23)18-10-31(11-18)13-19-8-27-14-34-19/h2-9,12,14,18,33H,10-11,13H2,1H3. The minimum atomic E-state index is -0.411. The number of nitrogens with zero attached hydrogens (tertiary/aromatic N) is 6. The molecule has 0 bridgehead atoms. The Morgan fingerprint density at radius 3 is 2.71 bits per heavy atom. The quantitative estimate of drug-likeness (QED) is 0.424. The molecule has 1 fully saturated rings. The first-order chi connectivity index (χ1) is 16.5. The summed E-state index contributed by atoms with van der Waals surface area (Å²) < 4.78 is 21.4. The maximum atomic E-state index is 14.5. The van der Waals surface area contributed by atoms with Crippen molar-refractivity contribution in [3.8, 4) is 28.1 Å². The predicted molar refractivity (Wildman–Crippen MR) is 123 cm³/mol. The van der Waals surface area contributed by atoms with Crippen molar-refractivity contribution in [3.05, 3.63) is 84.3 Å². The number of phenols is 1. The Kier molecular flexibility index (Phi) is 4.84. The van der Waals surface area contributed by atoms with E-state index in [0.717, 1.165) is 36.8 Å². The van der Waals surface area contributed by atoms with Gasteiger partial charge in [-0.2, -0.15) is 10.2 Å². The van der Waals surface area contributed by atoms with E-state index in [1.54, 1.807) is 35.1 Å². The van der Waals surface area contributed by atoms with E-state index < -0.39 is 5.82 Å². The van der Waals surface area contributed by atoms with Crippen LogP contribution in [0.2, 0.25) is 0 Å². The highest BCUT2D eigenvalue weighted by Gasteiger charge is 2.30. The summed E-state index contributed by atoms with van der Waals surface area (Å²) in [5.41, 5.74) is 4.43. The Hall–Kier alpha value is -4.11. The van der Waals surface area contributed by atoms with Gasteiger partial charge in [0.05, 0.1) is 29.8 Å². The van der Waals surface area contributed by atoms with Gasteiger partial charge in [0.25, 0.3) is 0 Å². The molecule has 0 unspecified atom stereocenters. The summed E-state index contributed by atoms with van der Waals surface area (Å²) in [6.07, 6.45) is 6.73. The zero-order valence-corrected chi connectivity index (χ0v) is 18.4. The third-order valence-electron chi connectivity index (χ3n) is 6.16. The molecule has 1 aliphatic rings. The lowest BCUT2D eigenvalue weighted by molar-refractivity contribution is 0.126. The molecule has 1 N–H and O–H groups in total. The highest BCUT2D eigenvalue weighted by molar-refractivity contribution is 5.74. The van der Waals surface area contributed by atoms with Crippen LogP contribution in [0.5, 0.6) is 5.75 Å². The van der Waals surface area contributed by atoms with Gasteiger partial charge in [0.1, 0.15) is 11.5 Å². The van der Waals surface area contributed by atoms with Crippen molar-refractivity contribution in [1.29, 1.82) is 0 Å². The van der Waals surface area contributed by atoms with E-state index in [9.17, 15) is 9.50 Å². The first-order valence-corrected chi connectivity index (χ1v) is 11.0. The van der Waals surface area contributed by atoms with Crippen LogP contribution >= 0.6 is 0 Å². The van der Waals surface area contributed by atoms with Crippen molar-refractivity contribution < 1.29 is 13.9 Å². The van der Waals surface area contributed by atoms with Crippen molar-refractivity contribution in [1.82, 2.24) is 29.5 Å². The molecule has 4 aromatic heterocycles. The summed E-state index contributed by atoms with van der Waals surface area (Å²) >= 11 is 0. The molecule has 8 nitrogen and oxygen atoms in total. The molecule has 9 heteroatoms. The SMILES string of the molecule is Cc1cn2cc(-c3ccc(-c4ccc(C5CN(Cc6cnco6)C5)nn4)c(O)c3)cc(F)c2n1. The van der Waals surface area contributed by atoms with Crippen LogP contribution < -0.4 is 0 Å². The third-order valence-corrected chi connectivity index (χ3v) is 6.16. The van der Waals surface area contributed by atoms with E-state index in [4.69, 9.17) is 4.42 Å². The van der Waals surface area contributed by atoms with Crippen LogP contribution in [0.3, 0.4) is 0 Å². The molecule has 170 valence electrons. The lowest BCUT2D eigenvalue weighted by Gasteiger charge is -2.37. The fourth-order valence-electron chi connectivity index (χ4n) is 4.40. The summed E-state index contributed by atoms with van der Waals surface area (Å²) in [4.78, 5) is 10.4. The van der Waals surface area contributed by atoms with E-state index >= 15 is 0 Å². The van der Waals surface area contributed by atoms with Crippen LogP contribution in [0.1, 0.15) is 23.1 Å². The second-order valence-corrected chi connectivity index (χ2v) is 8.62. The number of fused-ring (bicyclic) bond motifs is 1. The Balaban J connectivity index is 1.18. The minimum Gasteiger partial charge on any atom is -0.507 e. The van der Waals surface area contributed by atoms with E-state index in [1.165, 1.54) is 12.5 Å². The fraction of sp³-hybridized carbons (Fsp3) is 0.200. The topological polar surface area (TPSA) is 92.6 Å². The summed E-state index contributed by atoms with van der Waals surface area (Å²) in [6, 6.07) is 10.5. The highest BCUT2D eigenvalue weighted by atomic mass is 19.1. The molecule has 0 saturated carbocycles. The fourth-order valence-corrected chi connectivity index (χ4v) is 4.40. The Labute approximate surface area is 194 Å². The Morgan fingerprint density at radius 1 is 1.09 bits per heavy atom. The molecule has 34 heavy (non-hydrogen) atoms. The van der Waals surface area contributed by atoms with Gasteiger partial charge in [-0.3, -0.25) is 4.90 Å². The minimum absolute atomic E-state index is 0.0590. The molecular weight excluding hydrogens is 435 g/mol. The number of likely N-dealkylation sites (tertiary alicyclic amines) is 1. The van der Waals surface area contributed by atoms with Gasteiger partial charge in [-0.15, -0.1) is 0 Å². The van der Waals surface area contributed by atoms with Crippen LogP contribution in [-0.2, 0) is 6.54 Å². The smallest absolute Gasteiger partial charge is 0.180 e. The van der Waals surface area contributed by atoms with E-state index in [0.29, 0.717) is 28.3 Å². The summed E-state index contributed by atoms with van der Waals surface area (Å²) in [6.45, 7) is 4.32. The van der Waals surface area contributed by atoms with Gasteiger partial charge < -0.3 is 13.9 Å². The number of aromatic hydroxyl groups is 1. The number of oxazole rings is 1. The largest absolute Gasteiger partial charge is 0.507 e. The molecule has 0 aliphatic carbocycles. The zero-order chi connectivity index (χ0) is 23.2. The number of aryl methyl sites for hydroxylation is 1. The lowest BCUT2D eigenvalue weighted by Crippen LogP contribution is -2.44. The molecule has 0 radical (unpaired) electrons. The van der Waals surface area contributed by atoms with Gasteiger partial charge in [0.2, 0.25) is 0 Å². The van der Waals surface area contributed by atoms with Crippen LogP contribution in [0.4, 0.5) is 4.39 Å². The zero-order valence-electron chi connectivity index (χ0n) is 18.4. The van der Waals surface area contributed by atoms with Gasteiger partial charge in [-0.05, 0) is 42.8 Å². The Morgan fingerprint density at radius 2 is 1.97 bits per heavy atom.